The first-order chi connectivity index (χ1) is 15.5. The van der Waals surface area contributed by atoms with Gasteiger partial charge in [0.05, 0.1) is 18.5 Å². The molecule has 1 aliphatic carbocycles. The van der Waals surface area contributed by atoms with Crippen LogP contribution in [-0.2, 0) is 9.53 Å². The highest BCUT2D eigenvalue weighted by Crippen LogP contribution is 2.45. The summed E-state index contributed by atoms with van der Waals surface area (Å²) < 4.78 is 5.07. The summed E-state index contributed by atoms with van der Waals surface area (Å²) in [7, 11) is 1.36. The van der Waals surface area contributed by atoms with Gasteiger partial charge in [0.1, 0.15) is 0 Å². The van der Waals surface area contributed by atoms with Crippen molar-refractivity contribution in [1.82, 2.24) is 4.90 Å². The molecule has 0 heterocycles. The van der Waals surface area contributed by atoms with Crippen LogP contribution in [0.3, 0.4) is 0 Å². The Kier molecular flexibility index (Phi) is 6.12. The van der Waals surface area contributed by atoms with Gasteiger partial charge in [0, 0.05) is 24.9 Å². The molecule has 0 fully saturated rings. The Labute approximate surface area is 188 Å². The highest BCUT2D eigenvalue weighted by Gasteiger charge is 2.33. The zero-order valence-corrected chi connectivity index (χ0v) is 18.2. The predicted octanol–water partition coefficient (Wildman–Crippen LogP) is 4.87. The summed E-state index contributed by atoms with van der Waals surface area (Å²) in [5.41, 5.74) is 11.7. The molecule has 0 saturated carbocycles. The number of fused-ring (bicyclic) bond motifs is 3. The molecule has 3 aromatic carbocycles. The fraction of sp³-hybridized carbons (Fsp3) is 0.231. The van der Waals surface area contributed by atoms with Crippen molar-refractivity contribution < 1.29 is 14.3 Å². The van der Waals surface area contributed by atoms with Gasteiger partial charge < -0.3 is 20.7 Å². The number of hydrogen-bond donors (Lipinski definition) is 2. The summed E-state index contributed by atoms with van der Waals surface area (Å²) in [5.74, 6) is -0.201. The average Bonchev–Trinajstić information content (AvgIpc) is 3.12. The Morgan fingerprint density at radius 1 is 0.969 bits per heavy atom. The minimum Gasteiger partial charge on any atom is -0.453 e. The number of anilines is 2. The number of amides is 2. The zero-order valence-electron chi connectivity index (χ0n) is 18.2. The second-order valence-corrected chi connectivity index (χ2v) is 8.04. The van der Waals surface area contributed by atoms with Gasteiger partial charge in [-0.2, -0.15) is 0 Å². The Morgan fingerprint density at radius 3 is 2.12 bits per heavy atom. The quantitative estimate of drug-likeness (QED) is 0.548. The van der Waals surface area contributed by atoms with Gasteiger partial charge in [0.25, 0.3) is 0 Å². The van der Waals surface area contributed by atoms with E-state index >= 15 is 0 Å². The smallest absolute Gasteiger partial charge is 0.409 e. The topological polar surface area (TPSA) is 84.7 Å². The van der Waals surface area contributed by atoms with Crippen LogP contribution in [-0.4, -0.2) is 36.6 Å². The molecule has 164 valence electrons. The number of hydrogen-bond acceptors (Lipinski definition) is 4. The van der Waals surface area contributed by atoms with Crippen LogP contribution in [0.2, 0.25) is 0 Å². The lowest BCUT2D eigenvalue weighted by atomic mass is 9.95. The summed E-state index contributed by atoms with van der Waals surface area (Å²) in [4.78, 5) is 27.0. The van der Waals surface area contributed by atoms with Gasteiger partial charge in [-0.1, -0.05) is 60.7 Å². The van der Waals surface area contributed by atoms with Gasteiger partial charge >= 0.3 is 6.09 Å². The molecule has 6 heteroatoms. The third-order valence-electron chi connectivity index (χ3n) is 6.00. The molecule has 0 saturated heterocycles. The van der Waals surface area contributed by atoms with E-state index in [1.165, 1.54) is 29.4 Å². The number of rotatable bonds is 6. The fourth-order valence-electron chi connectivity index (χ4n) is 4.40. The van der Waals surface area contributed by atoms with E-state index < -0.39 is 6.09 Å². The molecule has 0 aromatic heterocycles. The van der Waals surface area contributed by atoms with Crippen molar-refractivity contribution in [1.29, 1.82) is 0 Å². The Balaban J connectivity index is 1.55. The number of benzene rings is 3. The van der Waals surface area contributed by atoms with Gasteiger partial charge in [-0.3, -0.25) is 4.79 Å². The van der Waals surface area contributed by atoms with Gasteiger partial charge in [-0.05, 0) is 41.3 Å². The van der Waals surface area contributed by atoms with Gasteiger partial charge in [0.2, 0.25) is 5.91 Å². The van der Waals surface area contributed by atoms with Crippen LogP contribution in [0.5, 0.6) is 0 Å². The lowest BCUT2D eigenvalue weighted by Crippen LogP contribution is -2.43. The number of nitrogens with zero attached hydrogens (tertiary/aromatic N) is 1. The van der Waals surface area contributed by atoms with E-state index in [0.717, 1.165) is 0 Å². The van der Waals surface area contributed by atoms with E-state index in [9.17, 15) is 9.59 Å². The Morgan fingerprint density at radius 2 is 1.53 bits per heavy atom. The summed E-state index contributed by atoms with van der Waals surface area (Å²) in [6, 6.07) is 23.2. The number of nitrogen functional groups attached to an aromatic ring is 1. The minimum absolute atomic E-state index is 0.0109. The molecule has 0 bridgehead atoms. The molecule has 6 nitrogen and oxygen atoms in total. The molecule has 3 N–H and O–H groups in total. The number of nitrogens with one attached hydrogen (secondary N) is 1. The van der Waals surface area contributed by atoms with Crippen molar-refractivity contribution in [2.75, 3.05) is 24.7 Å². The molecular weight excluding hydrogens is 402 g/mol. The highest BCUT2D eigenvalue weighted by molar-refractivity contribution is 5.94. The van der Waals surface area contributed by atoms with E-state index in [1.807, 2.05) is 43.3 Å². The Bertz CT molecular complexity index is 1100. The molecule has 3 aromatic rings. The van der Waals surface area contributed by atoms with E-state index in [1.54, 1.807) is 17.0 Å². The molecule has 0 aliphatic heterocycles. The van der Waals surface area contributed by atoms with Gasteiger partial charge in [-0.25, -0.2) is 4.79 Å². The maximum Gasteiger partial charge on any atom is 0.409 e. The van der Waals surface area contributed by atoms with Gasteiger partial charge in [0.15, 0.2) is 0 Å². The maximum absolute atomic E-state index is 12.7. The number of carbonyl (C=O) groups is 2. The zero-order chi connectivity index (χ0) is 22.7. The van der Waals surface area contributed by atoms with Crippen molar-refractivity contribution in [2.45, 2.75) is 25.3 Å². The second kappa shape index (κ2) is 9.14. The number of nitrogens with two attached hydrogens (primary N) is 1. The SMILES string of the molecule is COC(=O)N(CC1c2ccccc2-c2ccccc21)[C@H](C)CC(=O)Nc1ccccc1N. The molecule has 1 atom stereocenters. The first kappa shape index (κ1) is 21.4. The lowest BCUT2D eigenvalue weighted by Gasteiger charge is -2.30. The van der Waals surface area contributed by atoms with Gasteiger partial charge in [-0.15, -0.1) is 0 Å². The summed E-state index contributed by atoms with van der Waals surface area (Å²) in [5, 5.41) is 2.84. The molecule has 0 unspecified atom stereocenters. The maximum atomic E-state index is 12.7. The monoisotopic (exact) mass is 429 g/mol. The van der Waals surface area contributed by atoms with Crippen LogP contribution in [0.25, 0.3) is 11.1 Å². The predicted molar refractivity (Wildman–Crippen MR) is 126 cm³/mol. The molecule has 4 rings (SSSR count). The van der Waals surface area contributed by atoms with E-state index in [-0.39, 0.29) is 24.3 Å². The first-order valence-electron chi connectivity index (χ1n) is 10.7. The first-order valence-corrected chi connectivity index (χ1v) is 10.7. The number of ether oxygens (including phenoxy) is 1. The largest absolute Gasteiger partial charge is 0.453 e. The average molecular weight is 430 g/mol. The normalized spacial score (nSPS) is 13.1. The van der Waals surface area contributed by atoms with E-state index in [2.05, 4.69) is 29.6 Å². The summed E-state index contributed by atoms with van der Waals surface area (Å²) in [6.45, 7) is 2.28. The number of methoxy groups -OCH3 is 1. The fourth-order valence-corrected chi connectivity index (χ4v) is 4.40. The van der Waals surface area contributed by atoms with Crippen molar-refractivity contribution in [2.24, 2.45) is 0 Å². The van der Waals surface area contributed by atoms with E-state index in [4.69, 9.17) is 10.5 Å². The third-order valence-corrected chi connectivity index (χ3v) is 6.00. The van der Waals surface area contributed by atoms with Crippen LogP contribution in [0.1, 0.15) is 30.4 Å². The van der Waals surface area contributed by atoms with Crippen molar-refractivity contribution in [3.8, 4) is 11.1 Å². The molecule has 0 radical (unpaired) electrons. The second-order valence-electron chi connectivity index (χ2n) is 8.04. The Hall–Kier alpha value is -3.80. The third kappa shape index (κ3) is 4.17. The number of carbonyl (C=O) groups excluding carboxylic acids is 2. The van der Waals surface area contributed by atoms with E-state index in [0.29, 0.717) is 17.9 Å². The molecule has 2 amide bonds. The number of para-hydroxylation sites is 2. The van der Waals surface area contributed by atoms with Crippen LogP contribution in [0, 0.1) is 0 Å². The van der Waals surface area contributed by atoms with Crippen LogP contribution < -0.4 is 11.1 Å². The summed E-state index contributed by atoms with van der Waals surface area (Å²) in [6.07, 6.45) is -0.328. The van der Waals surface area contributed by atoms with Crippen molar-refractivity contribution in [3.63, 3.8) is 0 Å². The molecule has 32 heavy (non-hydrogen) atoms. The molecular formula is C26H27N3O3. The molecule has 1 aliphatic rings. The highest BCUT2D eigenvalue weighted by atomic mass is 16.5. The standard InChI is InChI=1S/C26H27N3O3/c1-17(15-25(30)28-24-14-8-7-13-23(24)27)29(26(31)32-2)16-22-20-11-5-3-9-18(20)19-10-4-6-12-21(19)22/h3-14,17,22H,15-16,27H2,1-2H3,(H,28,30)/t17-/m1/s1. The van der Waals surface area contributed by atoms with Crippen LogP contribution in [0.4, 0.5) is 16.2 Å². The van der Waals surface area contributed by atoms with Crippen LogP contribution in [0.15, 0.2) is 72.8 Å². The van der Waals surface area contributed by atoms with Crippen molar-refractivity contribution in [3.05, 3.63) is 83.9 Å². The van der Waals surface area contributed by atoms with Crippen molar-refractivity contribution >= 4 is 23.4 Å². The molecule has 0 spiro atoms. The summed E-state index contributed by atoms with van der Waals surface area (Å²) >= 11 is 0. The lowest BCUT2D eigenvalue weighted by molar-refractivity contribution is -0.117. The van der Waals surface area contributed by atoms with Crippen LogP contribution >= 0.6 is 0 Å². The minimum atomic E-state index is -0.452.